The van der Waals surface area contributed by atoms with Gasteiger partial charge in [0.1, 0.15) is 0 Å². The maximum Gasteiger partial charge on any atom is 0.389 e. The van der Waals surface area contributed by atoms with Crippen LogP contribution in [0, 0.1) is 0 Å². The van der Waals surface area contributed by atoms with E-state index < -0.39 is 12.6 Å². The van der Waals surface area contributed by atoms with Crippen LogP contribution >= 0.6 is 0 Å². The number of hydrogen-bond acceptors (Lipinski definition) is 1. The van der Waals surface area contributed by atoms with E-state index in [0.717, 1.165) is 19.3 Å². The first-order valence-corrected chi connectivity index (χ1v) is 6.23. The Bertz CT molecular complexity index is 157. The molecule has 1 atom stereocenters. The van der Waals surface area contributed by atoms with Gasteiger partial charge in [0.25, 0.3) is 0 Å². The minimum Gasteiger partial charge on any atom is -0.317 e. The first-order valence-electron chi connectivity index (χ1n) is 6.23. The number of alkyl halides is 3. The lowest BCUT2D eigenvalue weighted by atomic mass is 10.0. The molecule has 0 aromatic heterocycles. The van der Waals surface area contributed by atoms with Gasteiger partial charge in [-0.05, 0) is 19.9 Å². The van der Waals surface area contributed by atoms with Gasteiger partial charge in [0.05, 0.1) is 0 Å². The molecule has 0 aromatic rings. The molecule has 0 spiro atoms. The third-order valence-corrected chi connectivity index (χ3v) is 2.84. The molecule has 0 saturated heterocycles. The summed E-state index contributed by atoms with van der Waals surface area (Å²) in [5, 5.41) is 2.97. The van der Waals surface area contributed by atoms with E-state index in [9.17, 15) is 13.2 Å². The minimum atomic E-state index is -4.02. The van der Waals surface area contributed by atoms with Crippen molar-refractivity contribution in [3.8, 4) is 0 Å². The minimum absolute atomic E-state index is 0.0169. The van der Waals surface area contributed by atoms with E-state index in [-0.39, 0.29) is 12.5 Å². The van der Waals surface area contributed by atoms with Crippen molar-refractivity contribution >= 4 is 0 Å². The molecule has 0 aliphatic heterocycles. The van der Waals surface area contributed by atoms with Crippen molar-refractivity contribution in [2.75, 3.05) is 7.05 Å². The SMILES string of the molecule is CCCCCCCC(CCC(F)(F)F)NC. The van der Waals surface area contributed by atoms with E-state index in [1.54, 1.807) is 7.05 Å². The van der Waals surface area contributed by atoms with Gasteiger partial charge in [-0.2, -0.15) is 13.2 Å². The highest BCUT2D eigenvalue weighted by molar-refractivity contribution is 4.67. The Hall–Kier alpha value is -0.250. The lowest BCUT2D eigenvalue weighted by Crippen LogP contribution is -2.27. The van der Waals surface area contributed by atoms with Crippen LogP contribution in [0.3, 0.4) is 0 Å². The zero-order valence-corrected chi connectivity index (χ0v) is 10.4. The molecule has 1 unspecified atom stereocenters. The Morgan fingerprint density at radius 3 is 2.12 bits per heavy atom. The second-order valence-electron chi connectivity index (χ2n) is 4.34. The Morgan fingerprint density at radius 2 is 1.62 bits per heavy atom. The lowest BCUT2D eigenvalue weighted by Gasteiger charge is -2.16. The zero-order chi connectivity index (χ0) is 12.4. The van der Waals surface area contributed by atoms with Crippen LogP contribution in [-0.2, 0) is 0 Å². The third kappa shape index (κ3) is 10.3. The van der Waals surface area contributed by atoms with Gasteiger partial charge in [0.2, 0.25) is 0 Å². The van der Waals surface area contributed by atoms with Crippen molar-refractivity contribution in [2.24, 2.45) is 0 Å². The Balaban J connectivity index is 3.52. The number of hydrogen-bond donors (Lipinski definition) is 1. The maximum atomic E-state index is 12.0. The number of unbranched alkanes of at least 4 members (excludes halogenated alkanes) is 4. The third-order valence-electron chi connectivity index (χ3n) is 2.84. The predicted molar refractivity (Wildman–Crippen MR) is 61.5 cm³/mol. The Morgan fingerprint density at radius 1 is 1.00 bits per heavy atom. The Labute approximate surface area is 96.8 Å². The molecule has 98 valence electrons. The Kier molecular flexibility index (Phi) is 8.71. The normalized spacial score (nSPS) is 14.1. The fourth-order valence-corrected chi connectivity index (χ4v) is 1.77. The quantitative estimate of drug-likeness (QED) is 0.592. The van der Waals surface area contributed by atoms with E-state index in [1.165, 1.54) is 19.3 Å². The van der Waals surface area contributed by atoms with Crippen molar-refractivity contribution in [2.45, 2.75) is 70.5 Å². The number of halogens is 3. The molecule has 0 aromatic carbocycles. The van der Waals surface area contributed by atoms with Crippen molar-refractivity contribution in [1.29, 1.82) is 0 Å². The molecule has 0 aliphatic carbocycles. The van der Waals surface area contributed by atoms with Crippen LogP contribution < -0.4 is 5.32 Å². The smallest absolute Gasteiger partial charge is 0.317 e. The fourth-order valence-electron chi connectivity index (χ4n) is 1.77. The molecule has 0 saturated carbocycles. The largest absolute Gasteiger partial charge is 0.389 e. The first kappa shape index (κ1) is 15.8. The van der Waals surface area contributed by atoms with Gasteiger partial charge in [-0.1, -0.05) is 39.0 Å². The summed E-state index contributed by atoms with van der Waals surface area (Å²) in [5.74, 6) is 0. The van der Waals surface area contributed by atoms with Gasteiger partial charge >= 0.3 is 6.18 Å². The van der Waals surface area contributed by atoms with E-state index in [0.29, 0.717) is 0 Å². The molecule has 16 heavy (non-hydrogen) atoms. The van der Waals surface area contributed by atoms with Gasteiger partial charge in [-0.25, -0.2) is 0 Å². The van der Waals surface area contributed by atoms with Crippen molar-refractivity contribution in [1.82, 2.24) is 5.32 Å². The molecule has 0 amide bonds. The molecule has 4 heteroatoms. The molecular formula is C12H24F3N. The van der Waals surface area contributed by atoms with Crippen LogP contribution in [0.15, 0.2) is 0 Å². The molecule has 0 radical (unpaired) electrons. The highest BCUT2D eigenvalue weighted by Crippen LogP contribution is 2.23. The first-order chi connectivity index (χ1) is 7.49. The van der Waals surface area contributed by atoms with E-state index in [2.05, 4.69) is 12.2 Å². The summed E-state index contributed by atoms with van der Waals surface area (Å²) in [5.41, 5.74) is 0. The predicted octanol–water partition coefficient (Wildman–Crippen LogP) is 4.28. The summed E-state index contributed by atoms with van der Waals surface area (Å²) < 4.78 is 36.0. The van der Waals surface area contributed by atoms with Crippen LogP contribution in [0.4, 0.5) is 13.2 Å². The van der Waals surface area contributed by atoms with Crippen LogP contribution in [-0.4, -0.2) is 19.3 Å². The number of rotatable bonds is 9. The second-order valence-corrected chi connectivity index (χ2v) is 4.34. The molecular weight excluding hydrogens is 215 g/mol. The van der Waals surface area contributed by atoms with E-state index >= 15 is 0 Å². The lowest BCUT2D eigenvalue weighted by molar-refractivity contribution is -0.136. The highest BCUT2D eigenvalue weighted by atomic mass is 19.4. The summed E-state index contributed by atoms with van der Waals surface area (Å²) in [6.07, 6.45) is 2.17. The van der Waals surface area contributed by atoms with Crippen molar-refractivity contribution < 1.29 is 13.2 Å². The van der Waals surface area contributed by atoms with Gasteiger partial charge in [-0.3, -0.25) is 0 Å². The summed E-state index contributed by atoms with van der Waals surface area (Å²) in [6.45, 7) is 2.15. The highest BCUT2D eigenvalue weighted by Gasteiger charge is 2.27. The zero-order valence-electron chi connectivity index (χ0n) is 10.4. The average molecular weight is 239 g/mol. The maximum absolute atomic E-state index is 12.0. The molecule has 0 rings (SSSR count). The second kappa shape index (κ2) is 8.85. The van der Waals surface area contributed by atoms with E-state index in [1.807, 2.05) is 0 Å². The van der Waals surface area contributed by atoms with E-state index in [4.69, 9.17) is 0 Å². The number of nitrogens with one attached hydrogen (secondary N) is 1. The van der Waals surface area contributed by atoms with Gasteiger partial charge in [0, 0.05) is 12.5 Å². The van der Waals surface area contributed by atoms with Crippen molar-refractivity contribution in [3.05, 3.63) is 0 Å². The molecule has 1 N–H and O–H groups in total. The molecule has 0 fully saturated rings. The summed E-state index contributed by atoms with van der Waals surface area (Å²) in [6, 6.07) is 0.0169. The monoisotopic (exact) mass is 239 g/mol. The van der Waals surface area contributed by atoms with Gasteiger partial charge in [0.15, 0.2) is 0 Å². The van der Waals surface area contributed by atoms with Gasteiger partial charge < -0.3 is 5.32 Å². The van der Waals surface area contributed by atoms with Crippen LogP contribution in [0.25, 0.3) is 0 Å². The van der Waals surface area contributed by atoms with Crippen LogP contribution in [0.5, 0.6) is 0 Å². The summed E-state index contributed by atoms with van der Waals surface area (Å²) >= 11 is 0. The molecule has 0 heterocycles. The summed E-state index contributed by atoms with van der Waals surface area (Å²) in [4.78, 5) is 0. The fraction of sp³-hybridized carbons (Fsp3) is 1.00. The average Bonchev–Trinajstić information content (AvgIpc) is 2.21. The molecule has 0 aliphatic rings. The molecule has 1 nitrogen and oxygen atoms in total. The van der Waals surface area contributed by atoms with Crippen LogP contribution in [0.2, 0.25) is 0 Å². The van der Waals surface area contributed by atoms with Crippen molar-refractivity contribution in [3.63, 3.8) is 0 Å². The van der Waals surface area contributed by atoms with Gasteiger partial charge in [-0.15, -0.1) is 0 Å². The standard InChI is InChI=1S/C12H24F3N/c1-3-4-5-6-7-8-11(16-2)9-10-12(13,14)15/h11,16H,3-10H2,1-2H3. The summed E-state index contributed by atoms with van der Waals surface area (Å²) in [7, 11) is 1.74. The topological polar surface area (TPSA) is 12.0 Å². The van der Waals surface area contributed by atoms with Crippen LogP contribution in [0.1, 0.15) is 58.3 Å². The molecule has 0 bridgehead atoms.